The molecule has 3 aromatic rings. The molecule has 0 radical (unpaired) electrons. The van der Waals surface area contributed by atoms with E-state index in [0.717, 1.165) is 28.4 Å². The third-order valence-corrected chi connectivity index (χ3v) is 7.96. The first-order chi connectivity index (χ1) is 18.7. The molecule has 10 heteroatoms. The molecule has 0 aliphatic carbocycles. The maximum atomic E-state index is 13.9. The summed E-state index contributed by atoms with van der Waals surface area (Å²) in [5.74, 6) is -0.957. The summed E-state index contributed by atoms with van der Waals surface area (Å²) < 4.78 is 47.4. The van der Waals surface area contributed by atoms with Crippen LogP contribution in [0.25, 0.3) is 0 Å². The topological polar surface area (TPSA) is 96.0 Å². The van der Waals surface area contributed by atoms with Crippen molar-refractivity contribution < 1.29 is 27.1 Å². The third kappa shape index (κ3) is 7.57. The molecule has 0 saturated carbocycles. The molecule has 0 aliphatic heterocycles. The lowest BCUT2D eigenvalue weighted by Crippen LogP contribution is -2.52. The van der Waals surface area contributed by atoms with E-state index >= 15 is 0 Å². The van der Waals surface area contributed by atoms with Crippen molar-refractivity contribution in [1.82, 2.24) is 10.2 Å². The number of rotatable bonds is 13. The van der Waals surface area contributed by atoms with Crippen LogP contribution in [0.5, 0.6) is 5.75 Å². The van der Waals surface area contributed by atoms with Crippen LogP contribution in [-0.2, 0) is 26.2 Å². The molecule has 208 valence electrons. The molecular weight excluding hydrogens is 521 g/mol. The molecule has 39 heavy (non-hydrogen) atoms. The van der Waals surface area contributed by atoms with E-state index in [4.69, 9.17) is 4.74 Å². The normalized spacial score (nSPS) is 11.9. The van der Waals surface area contributed by atoms with Crippen LogP contribution in [0.15, 0.2) is 83.8 Å². The standard InChI is InChI=1S/C29H34FN3O5S/c1-4-19-31-29(35)27(5-2)32(20-22-9-7-6-8-10-22)28(34)21-33(24-13-11-23(30)12-14-24)39(36,37)26-17-15-25(38-3)16-18-26/h6-18,27H,4-5,19-21H2,1-3H3,(H,31,35). The molecule has 1 atom stereocenters. The Morgan fingerprint density at radius 1 is 0.949 bits per heavy atom. The molecule has 2 amide bonds. The van der Waals surface area contributed by atoms with E-state index in [0.29, 0.717) is 18.7 Å². The van der Waals surface area contributed by atoms with Gasteiger partial charge < -0.3 is 15.0 Å². The van der Waals surface area contributed by atoms with Crippen molar-refractivity contribution in [1.29, 1.82) is 0 Å². The Kier molecular flexibility index (Phi) is 10.4. The Balaban J connectivity index is 2.03. The Bertz CT molecular complexity index is 1330. The first-order valence-electron chi connectivity index (χ1n) is 12.7. The maximum absolute atomic E-state index is 13.9. The zero-order chi connectivity index (χ0) is 28.4. The molecule has 0 fully saturated rings. The lowest BCUT2D eigenvalue weighted by molar-refractivity contribution is -0.140. The summed E-state index contributed by atoms with van der Waals surface area (Å²) in [5.41, 5.74) is 0.905. The summed E-state index contributed by atoms with van der Waals surface area (Å²) in [6.45, 7) is 3.70. The minimum absolute atomic E-state index is 0.0669. The summed E-state index contributed by atoms with van der Waals surface area (Å²) in [6.07, 6.45) is 1.06. The molecule has 0 bridgehead atoms. The number of amides is 2. The lowest BCUT2D eigenvalue weighted by atomic mass is 10.1. The fraction of sp³-hybridized carbons (Fsp3) is 0.310. The first kappa shape index (κ1) is 29.6. The van der Waals surface area contributed by atoms with Gasteiger partial charge in [0.1, 0.15) is 24.2 Å². The number of methoxy groups -OCH3 is 1. The van der Waals surface area contributed by atoms with Crippen LogP contribution < -0.4 is 14.4 Å². The molecule has 1 N–H and O–H groups in total. The van der Waals surface area contributed by atoms with E-state index < -0.39 is 34.3 Å². The highest BCUT2D eigenvalue weighted by atomic mass is 32.2. The van der Waals surface area contributed by atoms with Gasteiger partial charge in [0.25, 0.3) is 10.0 Å². The maximum Gasteiger partial charge on any atom is 0.264 e. The van der Waals surface area contributed by atoms with Gasteiger partial charge in [0, 0.05) is 13.1 Å². The molecule has 0 spiro atoms. The average Bonchev–Trinajstić information content (AvgIpc) is 2.95. The second-order valence-corrected chi connectivity index (χ2v) is 10.7. The van der Waals surface area contributed by atoms with Crippen molar-refractivity contribution in [3.05, 3.63) is 90.2 Å². The zero-order valence-corrected chi connectivity index (χ0v) is 23.2. The third-order valence-electron chi connectivity index (χ3n) is 6.17. The number of hydrogen-bond acceptors (Lipinski definition) is 5. The number of benzene rings is 3. The smallest absolute Gasteiger partial charge is 0.264 e. The second kappa shape index (κ2) is 13.7. The summed E-state index contributed by atoms with van der Waals surface area (Å²) in [6, 6.07) is 19.0. The molecule has 3 rings (SSSR count). The highest BCUT2D eigenvalue weighted by Crippen LogP contribution is 2.26. The number of sulfonamides is 1. The molecule has 0 aromatic heterocycles. The Labute approximate surface area is 229 Å². The van der Waals surface area contributed by atoms with Gasteiger partial charge in [0.2, 0.25) is 11.8 Å². The number of carbonyl (C=O) groups excluding carboxylic acids is 2. The van der Waals surface area contributed by atoms with Gasteiger partial charge >= 0.3 is 0 Å². The van der Waals surface area contributed by atoms with Crippen LogP contribution in [-0.4, -0.2) is 51.4 Å². The number of carbonyl (C=O) groups is 2. The summed E-state index contributed by atoms with van der Waals surface area (Å²) in [4.78, 5) is 28.3. The molecule has 0 saturated heterocycles. The van der Waals surface area contributed by atoms with Crippen molar-refractivity contribution in [2.24, 2.45) is 0 Å². The lowest BCUT2D eigenvalue weighted by Gasteiger charge is -2.33. The van der Waals surface area contributed by atoms with Crippen LogP contribution in [0.4, 0.5) is 10.1 Å². The summed E-state index contributed by atoms with van der Waals surface area (Å²) in [5, 5.41) is 2.84. The molecule has 1 unspecified atom stereocenters. The number of hydrogen-bond donors (Lipinski definition) is 1. The fourth-order valence-electron chi connectivity index (χ4n) is 4.08. The van der Waals surface area contributed by atoms with Crippen LogP contribution >= 0.6 is 0 Å². The number of anilines is 1. The van der Waals surface area contributed by atoms with Gasteiger partial charge in [-0.2, -0.15) is 0 Å². The van der Waals surface area contributed by atoms with Gasteiger partial charge in [-0.3, -0.25) is 13.9 Å². The Morgan fingerprint density at radius 2 is 1.59 bits per heavy atom. The van der Waals surface area contributed by atoms with Crippen LogP contribution in [0.2, 0.25) is 0 Å². The van der Waals surface area contributed by atoms with Crippen LogP contribution in [0.3, 0.4) is 0 Å². The molecular formula is C29H34FN3O5S. The van der Waals surface area contributed by atoms with E-state index in [2.05, 4.69) is 5.32 Å². The van der Waals surface area contributed by atoms with Gasteiger partial charge in [-0.25, -0.2) is 12.8 Å². The van der Waals surface area contributed by atoms with E-state index in [1.54, 1.807) is 6.92 Å². The molecule has 8 nitrogen and oxygen atoms in total. The second-order valence-electron chi connectivity index (χ2n) is 8.89. The van der Waals surface area contributed by atoms with Crippen molar-refractivity contribution in [2.45, 2.75) is 44.2 Å². The van der Waals surface area contributed by atoms with Gasteiger partial charge in [0.15, 0.2) is 0 Å². The minimum atomic E-state index is -4.25. The number of halogens is 1. The predicted octanol–water partition coefficient (Wildman–Crippen LogP) is 4.36. The summed E-state index contributed by atoms with van der Waals surface area (Å²) >= 11 is 0. The van der Waals surface area contributed by atoms with E-state index in [1.165, 1.54) is 48.4 Å². The van der Waals surface area contributed by atoms with Gasteiger partial charge in [-0.1, -0.05) is 44.2 Å². The van der Waals surface area contributed by atoms with E-state index in [-0.39, 0.29) is 23.0 Å². The number of ether oxygens (including phenoxy) is 1. The zero-order valence-electron chi connectivity index (χ0n) is 22.3. The minimum Gasteiger partial charge on any atom is -0.497 e. The number of nitrogens with one attached hydrogen (secondary N) is 1. The van der Waals surface area contributed by atoms with E-state index in [1.807, 2.05) is 37.3 Å². The summed E-state index contributed by atoms with van der Waals surface area (Å²) in [7, 11) is -2.79. The van der Waals surface area contributed by atoms with Crippen LogP contribution in [0, 0.1) is 5.82 Å². The predicted molar refractivity (Wildman–Crippen MR) is 148 cm³/mol. The monoisotopic (exact) mass is 555 g/mol. The number of nitrogens with zero attached hydrogens (tertiary/aromatic N) is 2. The van der Waals surface area contributed by atoms with Gasteiger partial charge in [-0.05, 0) is 66.9 Å². The van der Waals surface area contributed by atoms with Gasteiger partial charge in [0.05, 0.1) is 17.7 Å². The highest BCUT2D eigenvalue weighted by Gasteiger charge is 2.33. The van der Waals surface area contributed by atoms with Gasteiger partial charge in [-0.15, -0.1) is 0 Å². The SMILES string of the molecule is CCCNC(=O)C(CC)N(Cc1ccccc1)C(=O)CN(c1ccc(F)cc1)S(=O)(=O)c1ccc(OC)cc1. The quantitative estimate of drug-likeness (QED) is 0.338. The average molecular weight is 556 g/mol. The largest absolute Gasteiger partial charge is 0.497 e. The first-order valence-corrected chi connectivity index (χ1v) is 14.2. The van der Waals surface area contributed by atoms with Crippen molar-refractivity contribution >= 4 is 27.5 Å². The molecule has 3 aromatic carbocycles. The Hall–Kier alpha value is -3.92. The molecule has 0 heterocycles. The van der Waals surface area contributed by atoms with Crippen molar-refractivity contribution in [3.8, 4) is 5.75 Å². The van der Waals surface area contributed by atoms with Crippen LogP contribution in [0.1, 0.15) is 32.3 Å². The van der Waals surface area contributed by atoms with Crippen molar-refractivity contribution in [3.63, 3.8) is 0 Å². The van der Waals surface area contributed by atoms with E-state index in [9.17, 15) is 22.4 Å². The van der Waals surface area contributed by atoms with Crippen molar-refractivity contribution in [2.75, 3.05) is 24.5 Å². The Morgan fingerprint density at radius 3 is 2.15 bits per heavy atom. The molecule has 0 aliphatic rings. The highest BCUT2D eigenvalue weighted by molar-refractivity contribution is 7.92. The fourth-order valence-corrected chi connectivity index (χ4v) is 5.49.